The predicted molar refractivity (Wildman–Crippen MR) is 99.7 cm³/mol. The third-order valence-corrected chi connectivity index (χ3v) is 6.45. The van der Waals surface area contributed by atoms with Crippen molar-refractivity contribution in [3.05, 3.63) is 48.0 Å². The maximum Gasteiger partial charge on any atom is 0.260 e. The van der Waals surface area contributed by atoms with Crippen LogP contribution >= 0.6 is 34.3 Å². The Bertz CT molecular complexity index is 1070. The Morgan fingerprint density at radius 1 is 1.33 bits per heavy atom. The lowest BCUT2D eigenvalue weighted by atomic mass is 9.97. The summed E-state index contributed by atoms with van der Waals surface area (Å²) >= 11 is 8.89. The van der Waals surface area contributed by atoms with E-state index in [1.165, 1.54) is 16.2 Å². The molecule has 0 unspecified atom stereocenters. The summed E-state index contributed by atoms with van der Waals surface area (Å²) in [5.41, 5.74) is 1.33. The maximum atomic E-state index is 12.6. The minimum atomic E-state index is -0.153. The van der Waals surface area contributed by atoms with Gasteiger partial charge in [-0.05, 0) is 49.5 Å². The molecule has 0 amide bonds. The van der Waals surface area contributed by atoms with Crippen molar-refractivity contribution in [2.45, 2.75) is 25.7 Å². The molecule has 0 aliphatic heterocycles. The maximum absolute atomic E-state index is 12.6. The van der Waals surface area contributed by atoms with Crippen molar-refractivity contribution in [2.75, 3.05) is 0 Å². The first-order chi connectivity index (χ1) is 11.7. The van der Waals surface area contributed by atoms with Crippen LogP contribution < -0.4 is 5.56 Å². The summed E-state index contributed by atoms with van der Waals surface area (Å²) in [6.07, 6.45) is 5.93. The number of aromatic nitrogens is 2. The van der Waals surface area contributed by atoms with E-state index in [0.29, 0.717) is 21.1 Å². The van der Waals surface area contributed by atoms with E-state index in [2.05, 4.69) is 16.0 Å². The molecule has 0 atom stereocenters. The summed E-state index contributed by atoms with van der Waals surface area (Å²) in [5.74, 6) is 0.318. The van der Waals surface area contributed by atoms with Crippen LogP contribution in [-0.4, -0.2) is 9.97 Å². The monoisotopic (exact) mass is 373 g/mol. The van der Waals surface area contributed by atoms with Crippen LogP contribution in [-0.2, 0) is 12.8 Å². The van der Waals surface area contributed by atoms with Gasteiger partial charge < -0.3 is 4.98 Å². The van der Waals surface area contributed by atoms with Gasteiger partial charge in [0.05, 0.1) is 15.3 Å². The minimum Gasteiger partial charge on any atom is -0.305 e. The molecule has 3 aromatic rings. The van der Waals surface area contributed by atoms with Gasteiger partial charge in [-0.1, -0.05) is 11.6 Å². The topological polar surface area (TPSA) is 69.5 Å². The highest BCUT2D eigenvalue weighted by Crippen LogP contribution is 2.34. The summed E-state index contributed by atoms with van der Waals surface area (Å²) in [6.45, 7) is 0. The van der Waals surface area contributed by atoms with E-state index in [-0.39, 0.29) is 5.56 Å². The fourth-order valence-electron chi connectivity index (χ4n) is 2.99. The lowest BCUT2D eigenvalue weighted by Gasteiger charge is -2.09. The van der Waals surface area contributed by atoms with Gasteiger partial charge in [0.1, 0.15) is 10.9 Å². The molecule has 1 N–H and O–H groups in total. The van der Waals surface area contributed by atoms with Gasteiger partial charge in [-0.15, -0.1) is 22.7 Å². The molecule has 120 valence electrons. The quantitative estimate of drug-likeness (QED) is 0.665. The van der Waals surface area contributed by atoms with Crippen LogP contribution in [0.15, 0.2) is 16.9 Å². The Morgan fingerprint density at radius 3 is 2.92 bits per heavy atom. The van der Waals surface area contributed by atoms with Crippen molar-refractivity contribution in [3.63, 3.8) is 0 Å². The number of aryl methyl sites for hydroxylation is 2. The molecule has 24 heavy (non-hydrogen) atoms. The van der Waals surface area contributed by atoms with Gasteiger partial charge in [0.15, 0.2) is 5.82 Å². The Kier molecular flexibility index (Phi) is 4.01. The lowest BCUT2D eigenvalue weighted by molar-refractivity contribution is 0.700. The Labute approximate surface area is 151 Å². The number of hydrogen-bond acceptors (Lipinski definition) is 5. The smallest absolute Gasteiger partial charge is 0.260 e. The second kappa shape index (κ2) is 6.17. The fraction of sp³-hybridized carbons (Fsp3) is 0.235. The van der Waals surface area contributed by atoms with Crippen LogP contribution in [0.2, 0.25) is 4.34 Å². The Hall–Kier alpha value is -1.94. The standard InChI is InChI=1S/C17H12ClN3OS2/c18-13-6-5-10(23-13)7-9(8-19)15-20-16(22)14-11-3-1-2-4-12(11)24-17(14)21-15/h5-7H,1-4H2,(H,20,21,22)/b9-7+. The van der Waals surface area contributed by atoms with E-state index in [1.807, 2.05) is 6.07 Å². The van der Waals surface area contributed by atoms with E-state index in [0.717, 1.165) is 41.0 Å². The fourth-order valence-corrected chi connectivity index (χ4v) is 5.26. The molecule has 3 aromatic heterocycles. The number of nitrogens with zero attached hydrogens (tertiary/aromatic N) is 2. The van der Waals surface area contributed by atoms with Crippen LogP contribution in [0.4, 0.5) is 0 Å². The molecule has 4 nitrogen and oxygen atoms in total. The van der Waals surface area contributed by atoms with Crippen LogP contribution in [0.3, 0.4) is 0 Å². The van der Waals surface area contributed by atoms with E-state index < -0.39 is 0 Å². The number of nitrogens with one attached hydrogen (secondary N) is 1. The zero-order valence-electron chi connectivity index (χ0n) is 12.6. The number of halogens is 1. The first kappa shape index (κ1) is 15.6. The van der Waals surface area contributed by atoms with Crippen LogP contribution in [0, 0.1) is 11.3 Å². The van der Waals surface area contributed by atoms with Crippen LogP contribution in [0.1, 0.15) is 34.0 Å². The zero-order valence-corrected chi connectivity index (χ0v) is 14.9. The van der Waals surface area contributed by atoms with Crippen molar-refractivity contribution >= 4 is 56.1 Å². The van der Waals surface area contributed by atoms with Crippen molar-refractivity contribution in [3.8, 4) is 6.07 Å². The zero-order chi connectivity index (χ0) is 16.7. The molecular weight excluding hydrogens is 362 g/mol. The molecule has 7 heteroatoms. The Morgan fingerprint density at radius 2 is 2.17 bits per heavy atom. The minimum absolute atomic E-state index is 0.153. The van der Waals surface area contributed by atoms with Crippen LogP contribution in [0.25, 0.3) is 21.9 Å². The van der Waals surface area contributed by atoms with Crippen molar-refractivity contribution in [1.82, 2.24) is 9.97 Å². The molecular formula is C17H12ClN3OS2. The van der Waals surface area contributed by atoms with E-state index in [4.69, 9.17) is 11.6 Å². The normalized spacial score (nSPS) is 14.6. The average Bonchev–Trinajstić information content (AvgIpc) is 3.15. The van der Waals surface area contributed by atoms with Gasteiger partial charge in [0.2, 0.25) is 0 Å². The summed E-state index contributed by atoms with van der Waals surface area (Å²) in [6, 6.07) is 5.74. The molecule has 0 saturated carbocycles. The van der Waals surface area contributed by atoms with Gasteiger partial charge in [-0.3, -0.25) is 4.79 Å². The number of thiophene rings is 2. The second-order valence-electron chi connectivity index (χ2n) is 5.62. The Balaban J connectivity index is 1.86. The summed E-state index contributed by atoms with van der Waals surface area (Å²) in [4.78, 5) is 22.8. The largest absolute Gasteiger partial charge is 0.305 e. The summed E-state index contributed by atoms with van der Waals surface area (Å²) < 4.78 is 0.654. The van der Waals surface area contributed by atoms with Crippen molar-refractivity contribution < 1.29 is 0 Å². The molecule has 1 aliphatic carbocycles. The molecule has 0 aromatic carbocycles. The van der Waals surface area contributed by atoms with E-state index in [1.54, 1.807) is 23.5 Å². The molecule has 0 bridgehead atoms. The van der Waals surface area contributed by atoms with Gasteiger partial charge in [-0.2, -0.15) is 5.26 Å². The first-order valence-corrected chi connectivity index (χ1v) is 9.59. The van der Waals surface area contributed by atoms with Crippen molar-refractivity contribution in [2.24, 2.45) is 0 Å². The van der Waals surface area contributed by atoms with Gasteiger partial charge in [-0.25, -0.2) is 4.98 Å². The van der Waals surface area contributed by atoms with E-state index >= 15 is 0 Å². The summed E-state index contributed by atoms with van der Waals surface area (Å²) in [5, 5.41) is 10.2. The molecule has 4 rings (SSSR count). The molecule has 0 radical (unpaired) electrons. The molecule has 1 aliphatic rings. The number of rotatable bonds is 2. The number of hydrogen-bond donors (Lipinski definition) is 1. The highest BCUT2D eigenvalue weighted by atomic mass is 35.5. The van der Waals surface area contributed by atoms with Gasteiger partial charge >= 0.3 is 0 Å². The van der Waals surface area contributed by atoms with Crippen molar-refractivity contribution in [1.29, 1.82) is 5.26 Å². The summed E-state index contributed by atoms with van der Waals surface area (Å²) in [7, 11) is 0. The number of H-pyrrole nitrogens is 1. The first-order valence-electron chi connectivity index (χ1n) is 7.58. The SMILES string of the molecule is N#C/C(=C\c1ccc(Cl)s1)c1nc2sc3c(c2c(=O)[nH]1)CCCC3. The molecule has 0 fully saturated rings. The number of aromatic amines is 1. The number of nitriles is 1. The second-order valence-corrected chi connectivity index (χ2v) is 8.45. The molecule has 0 spiro atoms. The lowest BCUT2D eigenvalue weighted by Crippen LogP contribution is -2.12. The molecule has 0 saturated heterocycles. The predicted octanol–water partition coefficient (Wildman–Crippen LogP) is 4.64. The third-order valence-electron chi connectivity index (χ3n) is 4.08. The highest BCUT2D eigenvalue weighted by Gasteiger charge is 2.20. The highest BCUT2D eigenvalue weighted by molar-refractivity contribution is 7.18. The van der Waals surface area contributed by atoms with Gasteiger partial charge in [0.25, 0.3) is 5.56 Å². The average molecular weight is 374 g/mol. The van der Waals surface area contributed by atoms with Crippen LogP contribution in [0.5, 0.6) is 0 Å². The molecule has 3 heterocycles. The van der Waals surface area contributed by atoms with Gasteiger partial charge in [0, 0.05) is 9.75 Å². The van der Waals surface area contributed by atoms with E-state index in [9.17, 15) is 10.1 Å². The number of allylic oxidation sites excluding steroid dienone is 1. The third kappa shape index (κ3) is 2.69. The number of fused-ring (bicyclic) bond motifs is 3.